The number of piperidine rings is 2. The molecule has 3 heterocycles. The number of fused-ring (bicyclic) bond motifs is 1. The van der Waals surface area contributed by atoms with E-state index in [0.717, 1.165) is 24.3 Å². The molecule has 0 amide bonds. The maximum atomic E-state index is 5.99. The molecule has 0 aliphatic carbocycles. The van der Waals surface area contributed by atoms with Gasteiger partial charge in [0, 0.05) is 12.1 Å². The van der Waals surface area contributed by atoms with Gasteiger partial charge in [-0.05, 0) is 94.6 Å². The molecule has 3 heteroatoms. The lowest BCUT2D eigenvalue weighted by Gasteiger charge is -2.34. The highest BCUT2D eigenvalue weighted by atomic mass is 16.5. The van der Waals surface area contributed by atoms with E-state index < -0.39 is 0 Å². The van der Waals surface area contributed by atoms with Crippen LogP contribution in [0.3, 0.4) is 0 Å². The lowest BCUT2D eigenvalue weighted by molar-refractivity contribution is 0.150. The predicted octanol–water partition coefficient (Wildman–Crippen LogP) is 4.53. The summed E-state index contributed by atoms with van der Waals surface area (Å²) in [4.78, 5) is 2.76. The number of hydrogen-bond donors (Lipinski definition) is 1. The van der Waals surface area contributed by atoms with Crippen molar-refractivity contribution in [3.05, 3.63) is 29.8 Å². The van der Waals surface area contributed by atoms with Crippen molar-refractivity contribution in [1.82, 2.24) is 10.2 Å². The van der Waals surface area contributed by atoms with Gasteiger partial charge in [-0.1, -0.05) is 18.6 Å². The molecule has 25 heavy (non-hydrogen) atoms. The molecule has 0 aromatic heterocycles. The van der Waals surface area contributed by atoms with Gasteiger partial charge >= 0.3 is 0 Å². The summed E-state index contributed by atoms with van der Waals surface area (Å²) >= 11 is 0. The van der Waals surface area contributed by atoms with E-state index in [0.29, 0.717) is 6.04 Å². The molecule has 3 aliphatic heterocycles. The largest absolute Gasteiger partial charge is 0.494 e. The first-order valence-electron chi connectivity index (χ1n) is 10.6. The van der Waals surface area contributed by atoms with E-state index in [9.17, 15) is 0 Å². The van der Waals surface area contributed by atoms with Gasteiger partial charge in [-0.3, -0.25) is 4.90 Å². The Morgan fingerprint density at radius 1 is 1.00 bits per heavy atom. The Kier molecular flexibility index (Phi) is 5.94. The van der Waals surface area contributed by atoms with E-state index in [4.69, 9.17) is 4.74 Å². The predicted molar refractivity (Wildman–Crippen MR) is 103 cm³/mol. The van der Waals surface area contributed by atoms with Crippen molar-refractivity contribution in [2.45, 2.75) is 69.9 Å². The molecule has 4 rings (SSSR count). The molecule has 3 nitrogen and oxygen atoms in total. The molecule has 1 N–H and O–H groups in total. The van der Waals surface area contributed by atoms with Crippen LogP contribution in [0.25, 0.3) is 0 Å². The second-order valence-corrected chi connectivity index (χ2v) is 8.25. The Morgan fingerprint density at radius 2 is 1.92 bits per heavy atom. The number of nitrogens with one attached hydrogen (secondary N) is 1. The smallest absolute Gasteiger partial charge is 0.119 e. The third-order valence-corrected chi connectivity index (χ3v) is 6.54. The Hall–Kier alpha value is -1.06. The highest BCUT2D eigenvalue weighted by Gasteiger charge is 2.35. The van der Waals surface area contributed by atoms with Crippen LogP contribution >= 0.6 is 0 Å². The van der Waals surface area contributed by atoms with Crippen LogP contribution in [0.5, 0.6) is 5.75 Å². The van der Waals surface area contributed by atoms with Gasteiger partial charge in [-0.2, -0.15) is 0 Å². The first-order valence-corrected chi connectivity index (χ1v) is 10.6. The molecule has 1 aromatic rings. The summed E-state index contributed by atoms with van der Waals surface area (Å²) in [6.07, 6.45) is 12.1. The van der Waals surface area contributed by atoms with Gasteiger partial charge in [-0.15, -0.1) is 0 Å². The highest BCUT2D eigenvalue weighted by Crippen LogP contribution is 2.40. The molecule has 138 valence electrons. The fourth-order valence-electron chi connectivity index (χ4n) is 5.14. The van der Waals surface area contributed by atoms with E-state index in [1.165, 1.54) is 83.0 Å². The van der Waals surface area contributed by atoms with Crippen molar-refractivity contribution >= 4 is 0 Å². The number of ether oxygens (including phenoxy) is 1. The van der Waals surface area contributed by atoms with Crippen LogP contribution in [-0.2, 0) is 0 Å². The van der Waals surface area contributed by atoms with E-state index >= 15 is 0 Å². The monoisotopic (exact) mass is 342 g/mol. The van der Waals surface area contributed by atoms with Crippen molar-refractivity contribution in [3.63, 3.8) is 0 Å². The van der Waals surface area contributed by atoms with Crippen LogP contribution in [0.1, 0.15) is 69.4 Å². The third kappa shape index (κ3) is 4.38. The zero-order valence-corrected chi connectivity index (χ0v) is 15.6. The molecule has 0 saturated carbocycles. The zero-order valence-electron chi connectivity index (χ0n) is 15.6. The summed E-state index contributed by atoms with van der Waals surface area (Å²) in [7, 11) is 0. The summed E-state index contributed by atoms with van der Waals surface area (Å²) < 4.78 is 5.99. The minimum absolute atomic E-state index is 0.651. The van der Waals surface area contributed by atoms with Gasteiger partial charge < -0.3 is 10.1 Å². The maximum absolute atomic E-state index is 5.99. The van der Waals surface area contributed by atoms with Gasteiger partial charge in [0.15, 0.2) is 0 Å². The average Bonchev–Trinajstić information content (AvgIpc) is 3.11. The molecule has 3 fully saturated rings. The highest BCUT2D eigenvalue weighted by molar-refractivity contribution is 5.30. The van der Waals surface area contributed by atoms with Crippen LogP contribution in [0.2, 0.25) is 0 Å². The summed E-state index contributed by atoms with van der Waals surface area (Å²) in [6, 6.07) is 10.5. The maximum Gasteiger partial charge on any atom is 0.119 e. The van der Waals surface area contributed by atoms with E-state index in [1.807, 2.05) is 0 Å². The first-order chi connectivity index (χ1) is 12.4. The molecule has 0 bridgehead atoms. The number of benzene rings is 1. The molecule has 0 radical (unpaired) electrons. The number of nitrogens with zero attached hydrogens (tertiary/aromatic N) is 1. The summed E-state index contributed by atoms with van der Waals surface area (Å²) in [6.45, 7) is 4.56. The summed E-state index contributed by atoms with van der Waals surface area (Å²) in [5, 5.41) is 3.50. The van der Waals surface area contributed by atoms with E-state index in [2.05, 4.69) is 34.5 Å². The Morgan fingerprint density at radius 3 is 2.76 bits per heavy atom. The molecule has 0 spiro atoms. The quantitative estimate of drug-likeness (QED) is 0.769. The second kappa shape index (κ2) is 8.55. The molecule has 2 unspecified atom stereocenters. The standard InChI is InChI=1S/C22H34N2O/c1-2-15-24-20(7-1)10-13-22(24)19-8-11-21(12-9-19)25-16-4-6-18-5-3-14-23-17-18/h8-9,11-12,18,20,22-23H,1-7,10,13-17H2/t18?,20?,22-/m0/s1. The van der Waals surface area contributed by atoms with Gasteiger partial charge in [0.2, 0.25) is 0 Å². The van der Waals surface area contributed by atoms with Crippen molar-refractivity contribution < 1.29 is 4.74 Å². The summed E-state index contributed by atoms with van der Waals surface area (Å²) in [5.74, 6) is 1.90. The third-order valence-electron chi connectivity index (χ3n) is 6.54. The lowest BCUT2D eigenvalue weighted by Crippen LogP contribution is -2.35. The van der Waals surface area contributed by atoms with E-state index in [-0.39, 0.29) is 0 Å². The fraction of sp³-hybridized carbons (Fsp3) is 0.727. The minimum Gasteiger partial charge on any atom is -0.494 e. The minimum atomic E-state index is 0.651. The lowest BCUT2D eigenvalue weighted by atomic mass is 9.95. The van der Waals surface area contributed by atoms with Crippen molar-refractivity contribution in [3.8, 4) is 5.75 Å². The van der Waals surface area contributed by atoms with Gasteiger partial charge in [-0.25, -0.2) is 0 Å². The normalized spacial score (nSPS) is 30.2. The van der Waals surface area contributed by atoms with Crippen molar-refractivity contribution in [2.75, 3.05) is 26.2 Å². The van der Waals surface area contributed by atoms with Crippen LogP contribution in [0.4, 0.5) is 0 Å². The van der Waals surface area contributed by atoms with Crippen LogP contribution in [-0.4, -0.2) is 37.2 Å². The molecule has 3 atom stereocenters. The average molecular weight is 343 g/mol. The number of hydrogen-bond acceptors (Lipinski definition) is 3. The SMILES string of the molecule is c1cc([C@@H]2CCC3CCCCN32)ccc1OCCCC1CCCNC1. The van der Waals surface area contributed by atoms with Crippen molar-refractivity contribution in [1.29, 1.82) is 0 Å². The molecular weight excluding hydrogens is 308 g/mol. The second-order valence-electron chi connectivity index (χ2n) is 8.25. The zero-order chi connectivity index (χ0) is 16.9. The van der Waals surface area contributed by atoms with Crippen molar-refractivity contribution in [2.24, 2.45) is 5.92 Å². The molecule has 1 aromatic carbocycles. The van der Waals surface area contributed by atoms with Crippen LogP contribution in [0, 0.1) is 5.92 Å². The molecule has 3 aliphatic rings. The van der Waals surface area contributed by atoms with Crippen LogP contribution in [0.15, 0.2) is 24.3 Å². The van der Waals surface area contributed by atoms with E-state index in [1.54, 1.807) is 0 Å². The fourth-order valence-corrected chi connectivity index (χ4v) is 5.14. The van der Waals surface area contributed by atoms with Gasteiger partial charge in [0.1, 0.15) is 5.75 Å². The topological polar surface area (TPSA) is 24.5 Å². The molecular formula is C22H34N2O. The molecule has 3 saturated heterocycles. The summed E-state index contributed by atoms with van der Waals surface area (Å²) in [5.41, 5.74) is 1.49. The Labute approximate surface area is 153 Å². The van der Waals surface area contributed by atoms with Gasteiger partial charge in [0.25, 0.3) is 0 Å². The Balaban J connectivity index is 1.23. The number of rotatable bonds is 6. The van der Waals surface area contributed by atoms with Crippen LogP contribution < -0.4 is 10.1 Å². The van der Waals surface area contributed by atoms with Gasteiger partial charge in [0.05, 0.1) is 6.61 Å². The Bertz CT molecular complexity index is 523. The first kappa shape index (κ1) is 17.4.